The third-order valence-corrected chi connectivity index (χ3v) is 8.08. The number of nitrogens with one attached hydrogen (secondary N) is 1. The Labute approximate surface area is 183 Å². The van der Waals surface area contributed by atoms with Crippen LogP contribution in [0.15, 0.2) is 54.9 Å². The van der Waals surface area contributed by atoms with Crippen LogP contribution >= 0.6 is 0 Å². The van der Waals surface area contributed by atoms with Crippen molar-refractivity contribution >= 4 is 36.8 Å². The molecule has 0 bridgehead atoms. The minimum atomic E-state index is -0.343. The monoisotopic (exact) mass is 460 g/mol. The molecule has 1 N–H and O–H groups in total. The van der Waals surface area contributed by atoms with Gasteiger partial charge >= 0.3 is 183 Å². The van der Waals surface area contributed by atoms with Gasteiger partial charge in [0.2, 0.25) is 0 Å². The van der Waals surface area contributed by atoms with Crippen LogP contribution in [-0.4, -0.2) is 43.9 Å². The standard InChI is InChI=1S/C24H25AsN4O/c1-16-12-19-22(4-3-5-23(19)30-2)29(16)11-9-25-24-14-21(27-15-28-24)17-6-7-20-18(13-17)8-10-26-20/h3-7,12-15,25-26H,8-11H2,1-2H3. The van der Waals surface area contributed by atoms with Crippen molar-refractivity contribution in [2.75, 3.05) is 19.0 Å². The summed E-state index contributed by atoms with van der Waals surface area (Å²) in [6, 6.07) is 17.3. The van der Waals surface area contributed by atoms with Crippen LogP contribution in [0.2, 0.25) is 5.21 Å². The first-order chi connectivity index (χ1) is 14.7. The number of hydrogen-bond donors (Lipinski definition) is 1. The Morgan fingerprint density at radius 2 is 2.07 bits per heavy atom. The maximum atomic E-state index is 5.53. The topological polar surface area (TPSA) is 52.0 Å². The molecule has 3 heterocycles. The third kappa shape index (κ3) is 3.59. The van der Waals surface area contributed by atoms with Crippen molar-refractivity contribution in [3.63, 3.8) is 0 Å². The number of rotatable bonds is 6. The van der Waals surface area contributed by atoms with Crippen LogP contribution in [-0.2, 0) is 13.0 Å². The zero-order valence-electron chi connectivity index (χ0n) is 17.3. The quantitative estimate of drug-likeness (QED) is 0.447. The molecule has 1 atom stereocenters. The summed E-state index contributed by atoms with van der Waals surface area (Å²) in [5.74, 6) is 0.940. The average molecular weight is 460 g/mol. The molecule has 5 nitrogen and oxygen atoms in total. The van der Waals surface area contributed by atoms with E-state index in [1.54, 1.807) is 13.4 Å². The van der Waals surface area contributed by atoms with Crippen molar-refractivity contribution in [3.8, 4) is 17.0 Å². The van der Waals surface area contributed by atoms with Gasteiger partial charge in [-0.25, -0.2) is 0 Å². The molecular formula is C24H25AsN4O. The molecule has 30 heavy (non-hydrogen) atoms. The van der Waals surface area contributed by atoms with E-state index in [0.29, 0.717) is 0 Å². The fraction of sp³-hybridized carbons (Fsp3) is 0.250. The van der Waals surface area contributed by atoms with Gasteiger partial charge in [-0.15, -0.1) is 0 Å². The number of nitrogens with zero attached hydrogens (tertiary/aromatic N) is 3. The van der Waals surface area contributed by atoms with Gasteiger partial charge in [-0.3, -0.25) is 0 Å². The fourth-order valence-electron chi connectivity index (χ4n) is 4.24. The van der Waals surface area contributed by atoms with Crippen LogP contribution in [0.1, 0.15) is 11.3 Å². The Morgan fingerprint density at radius 3 is 2.97 bits per heavy atom. The van der Waals surface area contributed by atoms with E-state index in [0.717, 1.165) is 36.2 Å². The van der Waals surface area contributed by atoms with Gasteiger partial charge in [0.05, 0.1) is 0 Å². The Bertz CT molecular complexity index is 1220. The van der Waals surface area contributed by atoms with E-state index in [9.17, 15) is 0 Å². The van der Waals surface area contributed by atoms with Crippen LogP contribution < -0.4 is 14.5 Å². The zero-order valence-corrected chi connectivity index (χ0v) is 19.4. The van der Waals surface area contributed by atoms with Crippen LogP contribution in [0.3, 0.4) is 0 Å². The second-order valence-electron chi connectivity index (χ2n) is 7.59. The third-order valence-electron chi connectivity index (χ3n) is 5.75. The number of hydrogen-bond acceptors (Lipinski definition) is 4. The molecule has 0 spiro atoms. The summed E-state index contributed by atoms with van der Waals surface area (Å²) < 4.78 is 9.14. The van der Waals surface area contributed by atoms with Crippen molar-refractivity contribution in [1.29, 1.82) is 0 Å². The van der Waals surface area contributed by atoms with Gasteiger partial charge in [0.1, 0.15) is 0 Å². The Balaban J connectivity index is 1.32. The van der Waals surface area contributed by atoms with E-state index in [-0.39, 0.29) is 15.8 Å². The van der Waals surface area contributed by atoms with Gasteiger partial charge in [0, 0.05) is 0 Å². The van der Waals surface area contributed by atoms with Gasteiger partial charge in [0.15, 0.2) is 0 Å². The Hall–Kier alpha value is -2.78. The predicted molar refractivity (Wildman–Crippen MR) is 124 cm³/mol. The molecule has 0 fully saturated rings. The summed E-state index contributed by atoms with van der Waals surface area (Å²) in [5, 5.41) is 5.75. The molecule has 2 aromatic heterocycles. The molecule has 0 radical (unpaired) electrons. The molecule has 5 rings (SSSR count). The van der Waals surface area contributed by atoms with Gasteiger partial charge in [-0.2, -0.15) is 0 Å². The Morgan fingerprint density at radius 1 is 1.13 bits per heavy atom. The van der Waals surface area contributed by atoms with Crippen molar-refractivity contribution in [2.45, 2.75) is 25.1 Å². The second-order valence-corrected chi connectivity index (χ2v) is 10.5. The number of fused-ring (bicyclic) bond motifs is 2. The second kappa shape index (κ2) is 8.15. The molecule has 6 heteroatoms. The minimum absolute atomic E-state index is 0.343. The SMILES string of the molecule is COc1cccc2c1cc(C)n2CC[AsH]c1cc(-c2ccc3c(c2)CCN3)ncn1. The van der Waals surface area contributed by atoms with Crippen LogP contribution in [0.4, 0.5) is 5.69 Å². The van der Waals surface area contributed by atoms with Crippen molar-refractivity contribution in [1.82, 2.24) is 14.5 Å². The molecule has 1 aliphatic heterocycles. The maximum absolute atomic E-state index is 5.53. The van der Waals surface area contributed by atoms with Crippen molar-refractivity contribution < 1.29 is 4.74 Å². The average Bonchev–Trinajstić information content (AvgIpc) is 3.37. The number of aromatic nitrogens is 3. The summed E-state index contributed by atoms with van der Waals surface area (Å²) in [6.07, 6.45) is 2.81. The molecule has 152 valence electrons. The Kier molecular flexibility index (Phi) is 5.22. The molecule has 0 aliphatic carbocycles. The number of anilines is 1. The number of benzene rings is 2. The normalized spacial score (nSPS) is 13.1. The molecule has 0 amide bonds. The van der Waals surface area contributed by atoms with E-state index in [1.807, 2.05) is 6.07 Å². The summed E-state index contributed by atoms with van der Waals surface area (Å²) in [7, 11) is 1.73. The molecule has 0 saturated heterocycles. The van der Waals surface area contributed by atoms with E-state index >= 15 is 0 Å². The van der Waals surface area contributed by atoms with Gasteiger partial charge < -0.3 is 0 Å². The van der Waals surface area contributed by atoms with Gasteiger partial charge in [0.25, 0.3) is 0 Å². The number of aryl methyl sites for hydroxylation is 2. The van der Waals surface area contributed by atoms with E-state index < -0.39 is 0 Å². The first kappa shape index (κ1) is 19.2. The van der Waals surface area contributed by atoms with Crippen LogP contribution in [0, 0.1) is 6.92 Å². The molecule has 4 aromatic rings. The number of methoxy groups -OCH3 is 1. The van der Waals surface area contributed by atoms with E-state index in [1.165, 1.54) is 37.9 Å². The summed E-state index contributed by atoms with van der Waals surface area (Å²) in [6.45, 7) is 4.21. The van der Waals surface area contributed by atoms with Crippen molar-refractivity contribution in [3.05, 3.63) is 66.1 Å². The summed E-state index contributed by atoms with van der Waals surface area (Å²) in [4.78, 5) is 9.11. The first-order valence-electron chi connectivity index (χ1n) is 10.3. The molecule has 1 unspecified atom stereocenters. The first-order valence-corrected chi connectivity index (χ1v) is 12.8. The zero-order chi connectivity index (χ0) is 20.5. The van der Waals surface area contributed by atoms with E-state index in [4.69, 9.17) is 4.74 Å². The predicted octanol–water partition coefficient (Wildman–Crippen LogP) is 3.56. The van der Waals surface area contributed by atoms with Crippen LogP contribution in [0.5, 0.6) is 5.75 Å². The molecule has 0 saturated carbocycles. The van der Waals surface area contributed by atoms with Gasteiger partial charge in [-0.1, -0.05) is 0 Å². The summed E-state index contributed by atoms with van der Waals surface area (Å²) in [5.41, 5.74) is 7.38. The van der Waals surface area contributed by atoms with Crippen LogP contribution in [0.25, 0.3) is 22.2 Å². The number of ether oxygens (including phenoxy) is 1. The molecular weight excluding hydrogens is 435 g/mol. The molecule has 2 aromatic carbocycles. The van der Waals surface area contributed by atoms with E-state index in [2.05, 4.69) is 69.2 Å². The molecule has 1 aliphatic rings. The summed E-state index contributed by atoms with van der Waals surface area (Å²) >= 11 is -0.343. The van der Waals surface area contributed by atoms with Gasteiger partial charge in [-0.05, 0) is 0 Å². The van der Waals surface area contributed by atoms with Crippen molar-refractivity contribution in [2.24, 2.45) is 0 Å². The fourth-order valence-corrected chi connectivity index (χ4v) is 6.29.